The molecule has 0 bridgehead atoms. The van der Waals surface area contributed by atoms with Gasteiger partial charge >= 0.3 is 0 Å². The summed E-state index contributed by atoms with van der Waals surface area (Å²) in [6.07, 6.45) is -0.975. The minimum atomic E-state index is -0.975. The smallest absolute Gasteiger partial charge is 0.113 e. The van der Waals surface area contributed by atoms with E-state index in [-0.39, 0.29) is 5.92 Å². The Morgan fingerprint density at radius 1 is 0.722 bits per heavy atom. The third kappa shape index (κ3) is 2.61. The summed E-state index contributed by atoms with van der Waals surface area (Å²) in [5.74, 6) is -0.286. The number of nitrogens with two attached hydrogens (primary N) is 3. The first-order valence-electron chi connectivity index (χ1n) is 5.72. The summed E-state index contributed by atoms with van der Waals surface area (Å²) in [5.41, 5.74) is 20.2. The number of hydrogen-bond donors (Lipinski definition) is 4. The molecule has 0 fully saturated rings. The second-order valence-corrected chi connectivity index (χ2v) is 4.30. The van der Waals surface area contributed by atoms with Crippen molar-refractivity contribution in [1.29, 1.82) is 0 Å². The standard InChI is InChI=1S/C14H17N3O/c15-11-5-1-9(2-6-11)13(14(17)18)10-3-7-12(16)8-4-10/h1-8,13-14,18H,15-17H2. The Kier molecular flexibility index (Phi) is 3.50. The summed E-state index contributed by atoms with van der Waals surface area (Å²) >= 11 is 0. The molecule has 0 amide bonds. The fourth-order valence-corrected chi connectivity index (χ4v) is 1.99. The van der Waals surface area contributed by atoms with Crippen LogP contribution in [0.4, 0.5) is 11.4 Å². The van der Waals surface area contributed by atoms with Crippen LogP contribution in [0.5, 0.6) is 0 Å². The van der Waals surface area contributed by atoms with Crippen LogP contribution in [0.2, 0.25) is 0 Å². The van der Waals surface area contributed by atoms with Gasteiger partial charge in [-0.15, -0.1) is 0 Å². The monoisotopic (exact) mass is 243 g/mol. The molecule has 0 aliphatic heterocycles. The molecule has 0 saturated heterocycles. The predicted octanol–water partition coefficient (Wildman–Crippen LogP) is 1.26. The molecule has 0 aliphatic rings. The van der Waals surface area contributed by atoms with Crippen LogP contribution in [0.3, 0.4) is 0 Å². The van der Waals surface area contributed by atoms with Gasteiger partial charge in [-0.25, -0.2) is 0 Å². The van der Waals surface area contributed by atoms with Crippen LogP contribution in [0.1, 0.15) is 17.0 Å². The van der Waals surface area contributed by atoms with E-state index in [1.807, 2.05) is 24.3 Å². The third-order valence-electron chi connectivity index (χ3n) is 2.93. The lowest BCUT2D eigenvalue weighted by atomic mass is 9.90. The zero-order valence-corrected chi connectivity index (χ0v) is 9.95. The molecule has 2 rings (SSSR count). The highest BCUT2D eigenvalue weighted by Crippen LogP contribution is 2.27. The molecule has 0 radical (unpaired) electrons. The maximum atomic E-state index is 9.77. The van der Waals surface area contributed by atoms with E-state index in [1.54, 1.807) is 24.3 Å². The zero-order valence-electron chi connectivity index (χ0n) is 9.95. The van der Waals surface area contributed by atoms with Crippen LogP contribution in [-0.4, -0.2) is 11.3 Å². The van der Waals surface area contributed by atoms with Gasteiger partial charge in [0.1, 0.15) is 6.23 Å². The number of anilines is 2. The van der Waals surface area contributed by atoms with E-state index < -0.39 is 6.23 Å². The Balaban J connectivity index is 2.39. The number of benzene rings is 2. The zero-order chi connectivity index (χ0) is 13.1. The van der Waals surface area contributed by atoms with Crippen molar-refractivity contribution in [2.45, 2.75) is 12.1 Å². The van der Waals surface area contributed by atoms with Crippen molar-refractivity contribution in [3.05, 3.63) is 59.7 Å². The first-order chi connectivity index (χ1) is 8.58. The molecule has 0 aliphatic carbocycles. The SMILES string of the molecule is Nc1ccc(C(c2ccc(N)cc2)C(N)O)cc1. The molecule has 18 heavy (non-hydrogen) atoms. The van der Waals surface area contributed by atoms with E-state index in [0.717, 1.165) is 11.1 Å². The summed E-state index contributed by atoms with van der Waals surface area (Å²) < 4.78 is 0. The fourth-order valence-electron chi connectivity index (χ4n) is 1.99. The molecule has 0 saturated carbocycles. The van der Waals surface area contributed by atoms with Crippen molar-refractivity contribution < 1.29 is 5.11 Å². The van der Waals surface area contributed by atoms with Gasteiger partial charge < -0.3 is 22.3 Å². The van der Waals surface area contributed by atoms with E-state index in [9.17, 15) is 5.11 Å². The number of nitrogen functional groups attached to an aromatic ring is 2. The summed E-state index contributed by atoms with van der Waals surface area (Å²) in [6.45, 7) is 0. The summed E-state index contributed by atoms with van der Waals surface area (Å²) in [4.78, 5) is 0. The molecule has 94 valence electrons. The molecular weight excluding hydrogens is 226 g/mol. The summed E-state index contributed by atoms with van der Waals surface area (Å²) in [6, 6.07) is 14.6. The van der Waals surface area contributed by atoms with E-state index in [2.05, 4.69) is 0 Å². The molecule has 2 aromatic rings. The van der Waals surface area contributed by atoms with Gasteiger partial charge in [0.05, 0.1) is 0 Å². The Morgan fingerprint density at radius 2 is 1.06 bits per heavy atom. The van der Waals surface area contributed by atoms with Gasteiger partial charge in [0.15, 0.2) is 0 Å². The largest absolute Gasteiger partial charge is 0.399 e. The highest BCUT2D eigenvalue weighted by atomic mass is 16.3. The average molecular weight is 243 g/mol. The van der Waals surface area contributed by atoms with Gasteiger partial charge in [0.25, 0.3) is 0 Å². The topological polar surface area (TPSA) is 98.3 Å². The van der Waals surface area contributed by atoms with Crippen LogP contribution in [0, 0.1) is 0 Å². The molecular formula is C14H17N3O. The van der Waals surface area contributed by atoms with Crippen LogP contribution < -0.4 is 17.2 Å². The van der Waals surface area contributed by atoms with E-state index in [1.165, 1.54) is 0 Å². The predicted molar refractivity (Wildman–Crippen MR) is 73.7 cm³/mol. The lowest BCUT2D eigenvalue weighted by Crippen LogP contribution is -2.28. The highest BCUT2D eigenvalue weighted by molar-refractivity contribution is 5.46. The van der Waals surface area contributed by atoms with Gasteiger partial charge in [0.2, 0.25) is 0 Å². The normalized spacial score (nSPS) is 12.6. The second kappa shape index (κ2) is 5.08. The van der Waals surface area contributed by atoms with Crippen LogP contribution in [-0.2, 0) is 0 Å². The maximum absolute atomic E-state index is 9.77. The quantitative estimate of drug-likeness (QED) is 0.482. The second-order valence-electron chi connectivity index (χ2n) is 4.30. The van der Waals surface area contributed by atoms with Gasteiger partial charge in [-0.1, -0.05) is 24.3 Å². The van der Waals surface area contributed by atoms with E-state index in [4.69, 9.17) is 17.2 Å². The maximum Gasteiger partial charge on any atom is 0.113 e. The lowest BCUT2D eigenvalue weighted by Gasteiger charge is -2.21. The van der Waals surface area contributed by atoms with Crippen LogP contribution >= 0.6 is 0 Å². The van der Waals surface area contributed by atoms with Crippen molar-refractivity contribution in [2.24, 2.45) is 5.73 Å². The number of rotatable bonds is 3. The van der Waals surface area contributed by atoms with E-state index >= 15 is 0 Å². The van der Waals surface area contributed by atoms with Crippen molar-refractivity contribution in [3.63, 3.8) is 0 Å². The summed E-state index contributed by atoms with van der Waals surface area (Å²) in [5, 5.41) is 9.77. The lowest BCUT2D eigenvalue weighted by molar-refractivity contribution is 0.164. The third-order valence-corrected chi connectivity index (χ3v) is 2.93. The Labute approximate surface area is 106 Å². The van der Waals surface area contributed by atoms with Crippen molar-refractivity contribution in [3.8, 4) is 0 Å². The Morgan fingerprint density at radius 3 is 1.33 bits per heavy atom. The Bertz CT molecular complexity index is 460. The molecule has 0 spiro atoms. The molecule has 7 N–H and O–H groups in total. The van der Waals surface area contributed by atoms with Crippen molar-refractivity contribution in [2.75, 3.05) is 11.5 Å². The Hall–Kier alpha value is -2.04. The van der Waals surface area contributed by atoms with Crippen molar-refractivity contribution >= 4 is 11.4 Å². The molecule has 4 heteroatoms. The molecule has 0 aromatic heterocycles. The highest BCUT2D eigenvalue weighted by Gasteiger charge is 2.19. The first kappa shape index (κ1) is 12.4. The van der Waals surface area contributed by atoms with Gasteiger partial charge in [-0.05, 0) is 35.4 Å². The molecule has 1 atom stereocenters. The van der Waals surface area contributed by atoms with Gasteiger partial charge in [-0.3, -0.25) is 0 Å². The van der Waals surface area contributed by atoms with Crippen LogP contribution in [0.25, 0.3) is 0 Å². The molecule has 2 aromatic carbocycles. The molecule has 0 heterocycles. The minimum absolute atomic E-state index is 0.286. The molecule has 4 nitrogen and oxygen atoms in total. The summed E-state index contributed by atoms with van der Waals surface area (Å²) in [7, 11) is 0. The number of aliphatic hydroxyl groups excluding tert-OH is 1. The first-order valence-corrected chi connectivity index (χ1v) is 5.72. The number of hydrogen-bond acceptors (Lipinski definition) is 4. The molecule has 1 unspecified atom stereocenters. The fraction of sp³-hybridized carbons (Fsp3) is 0.143. The minimum Gasteiger partial charge on any atom is -0.399 e. The average Bonchev–Trinajstić information content (AvgIpc) is 2.34. The van der Waals surface area contributed by atoms with E-state index in [0.29, 0.717) is 11.4 Å². The van der Waals surface area contributed by atoms with Crippen LogP contribution in [0.15, 0.2) is 48.5 Å². The van der Waals surface area contributed by atoms with Gasteiger partial charge in [0, 0.05) is 17.3 Å². The van der Waals surface area contributed by atoms with Crippen molar-refractivity contribution in [1.82, 2.24) is 0 Å². The van der Waals surface area contributed by atoms with Gasteiger partial charge in [-0.2, -0.15) is 0 Å². The number of aliphatic hydroxyl groups is 1.